The number of rotatable bonds is 5. The average molecular weight is 420 g/mol. The molecule has 0 saturated carbocycles. The van der Waals surface area contributed by atoms with Crippen molar-refractivity contribution in [3.05, 3.63) is 59.8 Å². The molecule has 2 saturated heterocycles. The first-order valence-electron chi connectivity index (χ1n) is 11.0. The second-order valence-corrected chi connectivity index (χ2v) is 8.78. The summed E-state index contributed by atoms with van der Waals surface area (Å²) in [6.07, 6.45) is 4.28. The number of amides is 1. The standard InChI is InChI=1S/C25H29N3O3/c1-17(29)27-13-18-5-6-22-23(14-28(24(22)11-18)21-7-9-30-10-8-21)19-3-2-4-20(12-19)25(26)15-31-16-25/h2-6,11-12,14,21H,7-10,13,15-16,26H2,1H3,(H,27,29). The fourth-order valence-corrected chi connectivity index (χ4v) is 4.61. The Morgan fingerprint density at radius 1 is 1.16 bits per heavy atom. The van der Waals surface area contributed by atoms with Gasteiger partial charge in [0.2, 0.25) is 5.91 Å². The molecule has 1 aromatic heterocycles. The lowest BCUT2D eigenvalue weighted by Crippen LogP contribution is -2.54. The van der Waals surface area contributed by atoms with Crippen molar-refractivity contribution in [1.29, 1.82) is 0 Å². The zero-order valence-electron chi connectivity index (χ0n) is 17.9. The van der Waals surface area contributed by atoms with E-state index in [1.807, 2.05) is 0 Å². The molecule has 2 fully saturated rings. The largest absolute Gasteiger partial charge is 0.381 e. The van der Waals surface area contributed by atoms with Crippen LogP contribution in [0, 0.1) is 0 Å². The van der Waals surface area contributed by atoms with E-state index in [9.17, 15) is 4.79 Å². The molecular weight excluding hydrogens is 390 g/mol. The van der Waals surface area contributed by atoms with Crippen molar-refractivity contribution < 1.29 is 14.3 Å². The molecule has 0 unspecified atom stereocenters. The monoisotopic (exact) mass is 419 g/mol. The lowest BCUT2D eigenvalue weighted by atomic mass is 9.87. The molecule has 6 heteroatoms. The minimum atomic E-state index is -0.388. The smallest absolute Gasteiger partial charge is 0.217 e. The summed E-state index contributed by atoms with van der Waals surface area (Å²) in [4.78, 5) is 11.4. The van der Waals surface area contributed by atoms with E-state index in [0.717, 1.165) is 37.2 Å². The summed E-state index contributed by atoms with van der Waals surface area (Å²) in [5.74, 6) is -0.0203. The van der Waals surface area contributed by atoms with Crippen LogP contribution in [0.3, 0.4) is 0 Å². The summed E-state index contributed by atoms with van der Waals surface area (Å²) >= 11 is 0. The summed E-state index contributed by atoms with van der Waals surface area (Å²) in [7, 11) is 0. The van der Waals surface area contributed by atoms with E-state index in [0.29, 0.717) is 25.8 Å². The average Bonchev–Trinajstić information content (AvgIpc) is 3.15. The normalized spacial score (nSPS) is 18.6. The van der Waals surface area contributed by atoms with Gasteiger partial charge in [0.25, 0.3) is 0 Å². The van der Waals surface area contributed by atoms with E-state index in [2.05, 4.69) is 58.5 Å². The summed E-state index contributed by atoms with van der Waals surface area (Å²) in [5.41, 5.74) is 11.9. The van der Waals surface area contributed by atoms with Crippen molar-refractivity contribution in [3.63, 3.8) is 0 Å². The van der Waals surface area contributed by atoms with Crippen LogP contribution in [-0.4, -0.2) is 36.9 Å². The van der Waals surface area contributed by atoms with Gasteiger partial charge in [-0.05, 0) is 41.7 Å². The maximum absolute atomic E-state index is 11.4. The molecular formula is C25H29N3O3. The van der Waals surface area contributed by atoms with Crippen molar-refractivity contribution in [2.75, 3.05) is 26.4 Å². The molecule has 0 bridgehead atoms. The molecule has 3 N–H and O–H groups in total. The quantitative estimate of drug-likeness (QED) is 0.664. The lowest BCUT2D eigenvalue weighted by molar-refractivity contribution is -0.119. The molecule has 2 aromatic carbocycles. The van der Waals surface area contributed by atoms with Crippen molar-refractivity contribution in [1.82, 2.24) is 9.88 Å². The maximum Gasteiger partial charge on any atom is 0.217 e. The SMILES string of the molecule is CC(=O)NCc1ccc2c(-c3cccc(C4(N)COC4)c3)cn(C3CCOCC3)c2c1. The van der Waals surface area contributed by atoms with Crippen LogP contribution in [0.25, 0.3) is 22.0 Å². The topological polar surface area (TPSA) is 78.5 Å². The Morgan fingerprint density at radius 2 is 1.97 bits per heavy atom. The summed E-state index contributed by atoms with van der Waals surface area (Å²) in [6, 6.07) is 15.4. The van der Waals surface area contributed by atoms with Crippen molar-refractivity contribution in [3.8, 4) is 11.1 Å². The molecule has 0 aliphatic carbocycles. The van der Waals surface area contributed by atoms with E-state index in [1.54, 1.807) is 6.92 Å². The van der Waals surface area contributed by atoms with Crippen LogP contribution >= 0.6 is 0 Å². The van der Waals surface area contributed by atoms with Gasteiger partial charge in [0.05, 0.1) is 18.8 Å². The molecule has 0 spiro atoms. The molecule has 162 valence electrons. The number of fused-ring (bicyclic) bond motifs is 1. The van der Waals surface area contributed by atoms with E-state index in [-0.39, 0.29) is 11.4 Å². The van der Waals surface area contributed by atoms with Gasteiger partial charge in [0.1, 0.15) is 0 Å². The summed E-state index contributed by atoms with van der Waals surface area (Å²) < 4.78 is 13.4. The molecule has 2 aliphatic rings. The Hall–Kier alpha value is -2.67. The molecule has 5 rings (SSSR count). The number of carbonyl (C=O) groups is 1. The van der Waals surface area contributed by atoms with Crippen molar-refractivity contribution in [2.45, 2.75) is 37.9 Å². The maximum atomic E-state index is 11.4. The second-order valence-electron chi connectivity index (χ2n) is 8.78. The van der Waals surface area contributed by atoms with Gasteiger partial charge in [0.15, 0.2) is 0 Å². The number of benzene rings is 2. The molecule has 31 heavy (non-hydrogen) atoms. The van der Waals surface area contributed by atoms with Crippen LogP contribution in [0.4, 0.5) is 0 Å². The number of aromatic nitrogens is 1. The number of nitrogens with one attached hydrogen (secondary N) is 1. The lowest BCUT2D eigenvalue weighted by Gasteiger charge is -2.38. The predicted octanol–water partition coefficient (Wildman–Crippen LogP) is 3.48. The van der Waals surface area contributed by atoms with Crippen molar-refractivity contribution in [2.24, 2.45) is 5.73 Å². The van der Waals surface area contributed by atoms with E-state index in [4.69, 9.17) is 15.2 Å². The van der Waals surface area contributed by atoms with Crippen LogP contribution in [0.15, 0.2) is 48.7 Å². The summed E-state index contributed by atoms with van der Waals surface area (Å²) in [6.45, 7) is 4.78. The Morgan fingerprint density at radius 3 is 2.68 bits per heavy atom. The Bertz CT molecular complexity index is 1110. The van der Waals surface area contributed by atoms with Crippen molar-refractivity contribution >= 4 is 16.8 Å². The zero-order chi connectivity index (χ0) is 21.4. The molecule has 3 heterocycles. The van der Waals surface area contributed by atoms with Gasteiger partial charge in [-0.2, -0.15) is 0 Å². The van der Waals surface area contributed by atoms with Crippen LogP contribution < -0.4 is 11.1 Å². The number of nitrogens with zero attached hydrogens (tertiary/aromatic N) is 1. The first-order valence-corrected chi connectivity index (χ1v) is 11.0. The van der Waals surface area contributed by atoms with Gasteiger partial charge in [-0.3, -0.25) is 4.79 Å². The van der Waals surface area contributed by atoms with Gasteiger partial charge < -0.3 is 25.1 Å². The first kappa shape index (κ1) is 20.2. The number of hydrogen-bond donors (Lipinski definition) is 2. The van der Waals surface area contributed by atoms with Gasteiger partial charge in [-0.15, -0.1) is 0 Å². The molecule has 3 aromatic rings. The number of ether oxygens (including phenoxy) is 2. The van der Waals surface area contributed by atoms with Crippen LogP contribution in [0.5, 0.6) is 0 Å². The highest BCUT2D eigenvalue weighted by atomic mass is 16.5. The van der Waals surface area contributed by atoms with E-state index < -0.39 is 0 Å². The molecule has 1 amide bonds. The Labute approximate surface area is 182 Å². The molecule has 0 radical (unpaired) electrons. The highest BCUT2D eigenvalue weighted by Gasteiger charge is 2.36. The highest BCUT2D eigenvalue weighted by molar-refractivity contribution is 5.96. The highest BCUT2D eigenvalue weighted by Crippen LogP contribution is 2.37. The molecule has 6 nitrogen and oxygen atoms in total. The molecule has 2 aliphatic heterocycles. The van der Waals surface area contributed by atoms with Crippen LogP contribution in [-0.2, 0) is 26.4 Å². The number of nitrogens with two attached hydrogens (primary N) is 1. The van der Waals surface area contributed by atoms with Gasteiger partial charge in [-0.25, -0.2) is 0 Å². The third-order valence-corrected chi connectivity index (χ3v) is 6.49. The van der Waals surface area contributed by atoms with Gasteiger partial charge in [0, 0.05) is 55.4 Å². The van der Waals surface area contributed by atoms with Crippen LogP contribution in [0.2, 0.25) is 0 Å². The third kappa shape index (κ3) is 3.87. The van der Waals surface area contributed by atoms with E-state index in [1.165, 1.54) is 22.0 Å². The van der Waals surface area contributed by atoms with E-state index >= 15 is 0 Å². The van der Waals surface area contributed by atoms with Crippen LogP contribution in [0.1, 0.15) is 36.9 Å². The first-order chi connectivity index (χ1) is 15.0. The fourth-order valence-electron chi connectivity index (χ4n) is 4.61. The second kappa shape index (κ2) is 8.11. The minimum absolute atomic E-state index is 0.0203. The number of hydrogen-bond acceptors (Lipinski definition) is 4. The minimum Gasteiger partial charge on any atom is -0.381 e. The molecule has 0 atom stereocenters. The number of carbonyl (C=O) groups excluding carboxylic acids is 1. The summed E-state index contributed by atoms with van der Waals surface area (Å²) in [5, 5.41) is 4.12. The Balaban J connectivity index is 1.59. The van der Waals surface area contributed by atoms with Gasteiger partial charge >= 0.3 is 0 Å². The van der Waals surface area contributed by atoms with Gasteiger partial charge in [-0.1, -0.05) is 30.3 Å². The zero-order valence-corrected chi connectivity index (χ0v) is 17.9. The fraction of sp³-hybridized carbons (Fsp3) is 0.400. The predicted molar refractivity (Wildman–Crippen MR) is 121 cm³/mol. The Kier molecular flexibility index (Phi) is 5.30. The third-order valence-electron chi connectivity index (χ3n) is 6.49.